The van der Waals surface area contributed by atoms with Gasteiger partial charge in [-0.15, -0.1) is 0 Å². The van der Waals surface area contributed by atoms with Crippen molar-refractivity contribution in [2.45, 2.75) is 89.5 Å². The molecule has 1 aliphatic carbocycles. The quantitative estimate of drug-likeness (QED) is 0.0551. The number of aromatic hydroxyl groups is 2. The van der Waals surface area contributed by atoms with Crippen LogP contribution < -0.4 is 26.0 Å². The number of hydrogen-bond acceptors (Lipinski definition) is 9. The van der Waals surface area contributed by atoms with Crippen molar-refractivity contribution >= 4 is 51.5 Å². The molecule has 66 heavy (non-hydrogen) atoms. The smallest absolute Gasteiger partial charge is 0.0312 e. The van der Waals surface area contributed by atoms with Gasteiger partial charge in [-0.2, -0.15) is 0 Å². The number of methoxy groups -OCH3 is 1. The summed E-state index contributed by atoms with van der Waals surface area (Å²) in [5.41, 5.74) is 0.00253. The number of carbonyl (C=O) groups excluding carboxylic acids is 4. The number of likely N-dealkylation sites (N-methyl/N-ethyl adjacent to an activating group) is 1. The Labute approximate surface area is 400 Å². The number of halogens is 7. The zero-order valence-corrected chi connectivity index (χ0v) is 42.1. The third-order valence-electron chi connectivity index (χ3n) is 9.33. The molecule has 367 valence electrons. The number of hydrogen-bond donors (Lipinski definition) is 6. The summed E-state index contributed by atoms with van der Waals surface area (Å²) in [4.78, 5) is 55.4. The number of benzene rings is 3. The van der Waals surface area contributed by atoms with Crippen LogP contribution in [0, 0.1) is 32.1 Å². The predicted molar refractivity (Wildman–Crippen MR) is 239 cm³/mol. The van der Waals surface area contributed by atoms with Crippen molar-refractivity contribution < 1.29 is 88.0 Å². The third-order valence-corrected chi connectivity index (χ3v) is 14.0. The summed E-state index contributed by atoms with van der Waals surface area (Å²) in [7, 11) is -10.7. The molecule has 0 bridgehead atoms. The molecule has 13 nitrogen and oxygen atoms in total. The number of rotatable bonds is 13. The molecule has 1 aliphatic rings. The van der Waals surface area contributed by atoms with Gasteiger partial charge in [0.2, 0.25) is 23.5 Å². The second-order valence-corrected chi connectivity index (χ2v) is 24.0. The van der Waals surface area contributed by atoms with Gasteiger partial charge < -0.3 is 45.4 Å². The van der Waals surface area contributed by atoms with Crippen LogP contribution in [0.1, 0.15) is 76.4 Å². The van der Waals surface area contributed by atoms with Gasteiger partial charge in [-0.1, -0.05) is 74.8 Å². The Balaban J connectivity index is 0.00000146. The molecule has 1 fully saturated rings. The molecule has 0 heterocycles. The molecule has 4 rings (SSSR count). The van der Waals surface area contributed by atoms with E-state index in [0.29, 0.717) is 16.1 Å². The van der Waals surface area contributed by atoms with Crippen LogP contribution in [-0.4, -0.2) is 68.1 Å². The van der Waals surface area contributed by atoms with Crippen LogP contribution in [-0.2, 0) is 43.0 Å². The van der Waals surface area contributed by atoms with Gasteiger partial charge in [-0.05, 0) is 112 Å². The maximum absolute atomic E-state index is 14.6. The molecular weight excluding hydrogens is 1030 g/mol. The first-order chi connectivity index (χ1) is 29.5. The number of phenols is 2. The van der Waals surface area contributed by atoms with Crippen molar-refractivity contribution in [1.29, 1.82) is 0 Å². The SMILES string of the molecule is CNC(=O)[C@H](NC(=O)[C@@H](NC(=O)[C@H](NC(=O)OC(C)(C)C)[C@H](O[Si](C)(C)C(C)(C)C)c1ccc(Cl)cc1)c1ccccc1)c1cc(O)c(OC)c(O)c1.F[P-](F)(F)(F)(F)F.[CH]1[CH][CH][CH][CH]1.[Ru+2]. The van der Waals surface area contributed by atoms with Gasteiger partial charge in [0.1, 0.15) is 23.7 Å². The van der Waals surface area contributed by atoms with Crippen molar-refractivity contribution in [3.63, 3.8) is 0 Å². The largest absolute Gasteiger partial charge is 2.00 e. The van der Waals surface area contributed by atoms with E-state index in [-0.39, 0.29) is 35.8 Å². The predicted octanol–water partition coefficient (Wildman–Crippen LogP) is 10.6. The Morgan fingerprint density at radius 2 is 1.12 bits per heavy atom. The molecule has 0 unspecified atom stereocenters. The van der Waals surface area contributed by atoms with Crippen molar-refractivity contribution in [2.24, 2.45) is 0 Å². The van der Waals surface area contributed by atoms with E-state index < -0.39 is 81.3 Å². The van der Waals surface area contributed by atoms with Gasteiger partial charge >= 0.3 is 58.6 Å². The van der Waals surface area contributed by atoms with Gasteiger partial charge in [0.25, 0.3) is 0 Å². The molecule has 5 radical (unpaired) electrons. The number of nitrogens with one attached hydrogen (secondary N) is 4. The van der Waals surface area contributed by atoms with Gasteiger partial charge in [-0.3, -0.25) is 14.4 Å². The van der Waals surface area contributed by atoms with E-state index >= 15 is 0 Å². The van der Waals surface area contributed by atoms with Crippen LogP contribution in [0.3, 0.4) is 0 Å². The normalized spacial score (nSPS) is 15.7. The fourth-order valence-electron chi connectivity index (χ4n) is 5.35. The fourth-order valence-corrected chi connectivity index (χ4v) is 6.74. The number of ether oxygens (including phenoxy) is 2. The number of carbonyl (C=O) groups is 4. The summed E-state index contributed by atoms with van der Waals surface area (Å²) >= 11 is 6.24. The van der Waals surface area contributed by atoms with Crippen LogP contribution in [0.25, 0.3) is 0 Å². The molecular formula is C43H56ClF6N4O9PRuSi+. The first-order valence-electron chi connectivity index (χ1n) is 19.7. The molecule has 6 N–H and O–H groups in total. The van der Waals surface area contributed by atoms with Crippen LogP contribution in [0.15, 0.2) is 66.7 Å². The molecule has 3 aromatic rings. The van der Waals surface area contributed by atoms with E-state index in [1.165, 1.54) is 26.3 Å². The fraction of sp³-hybridized carbons (Fsp3) is 0.372. The Bertz CT molecular complexity index is 2060. The zero-order chi connectivity index (χ0) is 49.8. The standard InChI is InChI=1S/C38H51ClN4O9Si.C5H5.F6P.Ru/c1-37(2,3)51-36(49)43-30(31(23-16-18-25(39)19-17-23)52-53(9,10)38(4,5)6)35(48)41-28(22-14-12-11-13-15-22)34(47)42-29(33(46)40-7)24-20-26(44)32(50-8)27(45)21-24;1-2-4-5-3-1;1-7(2,3,4,5)6;/h11-21,28-31,44-45H,1-10H3,(H,40,46)(H,41,48)(H,42,47)(H,43,49);1-5H;;/q;;-1;+2/t28-,29+,30+,31+;;;/m0.../s1. The van der Waals surface area contributed by atoms with E-state index in [2.05, 4.69) is 21.3 Å². The monoisotopic (exact) mass is 1080 g/mol. The molecule has 1 saturated carbocycles. The van der Waals surface area contributed by atoms with Gasteiger partial charge in [-0.25, -0.2) is 4.79 Å². The van der Waals surface area contributed by atoms with E-state index in [4.69, 9.17) is 25.5 Å². The Hall–Kier alpha value is -4.16. The topological polar surface area (TPSA) is 185 Å². The summed E-state index contributed by atoms with van der Waals surface area (Å²) in [6.45, 7) is 15.2. The molecule has 23 heteroatoms. The van der Waals surface area contributed by atoms with Gasteiger partial charge in [0.15, 0.2) is 19.8 Å². The molecule has 4 amide bonds. The Morgan fingerprint density at radius 1 is 0.682 bits per heavy atom. The minimum Gasteiger partial charge on any atom is -0.0312 e. The number of phenolic OH excluding ortho intramolecular Hbond substituents is 2. The summed E-state index contributed by atoms with van der Waals surface area (Å²) in [5, 5.41) is 31.7. The average Bonchev–Trinajstić information content (AvgIpc) is 3.76. The zero-order valence-electron chi connectivity index (χ0n) is 37.7. The first-order valence-corrected chi connectivity index (χ1v) is 25.0. The van der Waals surface area contributed by atoms with Crippen LogP contribution in [0.2, 0.25) is 23.2 Å². The Kier molecular flexibility index (Phi) is 21.1. The Morgan fingerprint density at radius 3 is 1.53 bits per heavy atom. The first kappa shape index (κ1) is 59.9. The summed E-state index contributed by atoms with van der Waals surface area (Å²) in [6, 6.07) is 13.0. The van der Waals surface area contributed by atoms with Crippen LogP contribution in [0.4, 0.5) is 30.0 Å². The second-order valence-electron chi connectivity index (χ2n) is 16.9. The molecule has 3 aromatic carbocycles. The molecule has 0 spiro atoms. The number of alkyl carbamates (subject to hydrolysis) is 1. The summed E-state index contributed by atoms with van der Waals surface area (Å²) < 4.78 is 76.6. The van der Waals surface area contributed by atoms with Crippen molar-refractivity contribution in [3.05, 3.63) is 121 Å². The maximum Gasteiger partial charge on any atom is 2.00 e. The van der Waals surface area contributed by atoms with Crippen molar-refractivity contribution in [1.82, 2.24) is 21.3 Å². The molecule has 0 aromatic heterocycles. The van der Waals surface area contributed by atoms with E-state index in [1.807, 2.05) is 66.0 Å². The minimum absolute atomic E-state index is 0. The second kappa shape index (κ2) is 23.2. The van der Waals surface area contributed by atoms with E-state index in [0.717, 1.165) is 0 Å². The molecule has 4 atom stereocenters. The average molecular weight is 1080 g/mol. The van der Waals surface area contributed by atoms with Crippen LogP contribution in [0.5, 0.6) is 17.2 Å². The van der Waals surface area contributed by atoms with Gasteiger partial charge in [0.05, 0.1) is 13.2 Å². The van der Waals surface area contributed by atoms with Crippen LogP contribution >= 0.6 is 19.4 Å². The summed E-state index contributed by atoms with van der Waals surface area (Å²) in [6.07, 6.45) is 8.04. The van der Waals surface area contributed by atoms with Crippen molar-refractivity contribution in [3.8, 4) is 17.2 Å². The van der Waals surface area contributed by atoms with Crippen molar-refractivity contribution in [2.75, 3.05) is 14.2 Å². The third kappa shape index (κ3) is 21.6. The van der Waals surface area contributed by atoms with Gasteiger partial charge in [0, 0.05) is 12.1 Å². The maximum atomic E-state index is 14.6. The van der Waals surface area contributed by atoms with E-state index in [1.54, 1.807) is 75.4 Å². The summed E-state index contributed by atoms with van der Waals surface area (Å²) in [5.74, 6) is -3.46. The van der Waals surface area contributed by atoms with E-state index in [9.17, 15) is 54.6 Å². The minimum atomic E-state index is -10.7. The molecule has 0 saturated heterocycles. The molecule has 0 aliphatic heterocycles. The number of amides is 4.